The molecule has 1 aromatic rings. The van der Waals surface area contributed by atoms with E-state index in [2.05, 4.69) is 0 Å². The molecule has 1 amide bonds. The Morgan fingerprint density at radius 2 is 2.14 bits per heavy atom. The van der Waals surface area contributed by atoms with Crippen molar-refractivity contribution in [3.05, 3.63) is 29.3 Å². The molecule has 1 atom stereocenters. The van der Waals surface area contributed by atoms with Gasteiger partial charge in [0.1, 0.15) is 0 Å². The molecule has 0 saturated carbocycles. The van der Waals surface area contributed by atoms with Crippen molar-refractivity contribution >= 4 is 11.6 Å². The van der Waals surface area contributed by atoms with E-state index < -0.39 is 28.8 Å². The summed E-state index contributed by atoms with van der Waals surface area (Å²) in [6, 6.07) is 4.67. The van der Waals surface area contributed by atoms with Crippen molar-refractivity contribution in [1.29, 1.82) is 5.26 Å². The van der Waals surface area contributed by atoms with E-state index in [1.165, 1.54) is 12.1 Å². The highest BCUT2D eigenvalue weighted by atomic mass is 19.4. The number of hydrogen-bond acceptors (Lipinski definition) is 4. The molecule has 1 aliphatic rings. The molecule has 1 aliphatic heterocycles. The summed E-state index contributed by atoms with van der Waals surface area (Å²) in [4.78, 5) is 12.9. The fraction of sp³-hybridized carbons (Fsp3) is 0.429. The first-order valence-corrected chi connectivity index (χ1v) is 6.56. The second-order valence-electron chi connectivity index (χ2n) is 5.26. The maximum absolute atomic E-state index is 12.8. The van der Waals surface area contributed by atoms with Gasteiger partial charge < -0.3 is 15.7 Å². The third-order valence-corrected chi connectivity index (χ3v) is 3.72. The number of rotatable bonds is 2. The van der Waals surface area contributed by atoms with Crippen LogP contribution in [0.4, 0.5) is 18.9 Å². The van der Waals surface area contributed by atoms with Crippen molar-refractivity contribution in [2.75, 3.05) is 18.0 Å². The molecule has 118 valence electrons. The normalized spacial score (nSPS) is 22.2. The van der Waals surface area contributed by atoms with E-state index in [0.29, 0.717) is 18.7 Å². The topological polar surface area (TPSA) is 90.3 Å². The zero-order valence-electron chi connectivity index (χ0n) is 11.5. The molecule has 8 heteroatoms. The van der Waals surface area contributed by atoms with Gasteiger partial charge in [0.25, 0.3) is 5.91 Å². The van der Waals surface area contributed by atoms with Gasteiger partial charge in [0.2, 0.25) is 0 Å². The van der Waals surface area contributed by atoms with E-state index in [0.717, 1.165) is 12.1 Å². The number of halogens is 3. The SMILES string of the molecule is N#Cc1cc(N2CCC[C@](O)(C(N)=O)C2)ccc1C(F)(F)F. The van der Waals surface area contributed by atoms with Crippen molar-refractivity contribution < 1.29 is 23.1 Å². The zero-order valence-corrected chi connectivity index (χ0v) is 11.5. The van der Waals surface area contributed by atoms with E-state index in [-0.39, 0.29) is 13.0 Å². The van der Waals surface area contributed by atoms with Gasteiger partial charge in [-0.05, 0) is 31.0 Å². The number of alkyl halides is 3. The Labute approximate surface area is 124 Å². The quantitative estimate of drug-likeness (QED) is 0.863. The average molecular weight is 313 g/mol. The maximum Gasteiger partial charge on any atom is 0.417 e. The number of primary amides is 1. The molecule has 1 saturated heterocycles. The van der Waals surface area contributed by atoms with Gasteiger partial charge >= 0.3 is 6.18 Å². The first-order valence-electron chi connectivity index (χ1n) is 6.56. The van der Waals surface area contributed by atoms with Crippen molar-refractivity contribution in [1.82, 2.24) is 0 Å². The number of aliphatic hydroxyl groups is 1. The Balaban J connectivity index is 2.34. The zero-order chi connectivity index (χ0) is 16.5. The predicted molar refractivity (Wildman–Crippen MR) is 71.8 cm³/mol. The summed E-state index contributed by atoms with van der Waals surface area (Å²) >= 11 is 0. The minimum Gasteiger partial charge on any atom is -0.378 e. The van der Waals surface area contributed by atoms with Gasteiger partial charge in [0, 0.05) is 12.2 Å². The molecule has 0 unspecified atom stereocenters. The van der Waals surface area contributed by atoms with Gasteiger partial charge in [0.05, 0.1) is 23.7 Å². The summed E-state index contributed by atoms with van der Waals surface area (Å²) in [5.41, 5.74) is 2.27. The molecule has 1 fully saturated rings. The molecular formula is C14H14F3N3O2. The number of amides is 1. The number of carbonyl (C=O) groups excluding carboxylic acids is 1. The van der Waals surface area contributed by atoms with Crippen LogP contribution in [0.1, 0.15) is 24.0 Å². The number of anilines is 1. The molecule has 0 bridgehead atoms. The van der Waals surface area contributed by atoms with Crippen LogP contribution in [-0.2, 0) is 11.0 Å². The Morgan fingerprint density at radius 3 is 2.68 bits per heavy atom. The summed E-state index contributed by atoms with van der Waals surface area (Å²) in [5.74, 6) is -0.871. The van der Waals surface area contributed by atoms with Gasteiger partial charge in [-0.25, -0.2) is 0 Å². The van der Waals surface area contributed by atoms with E-state index in [1.54, 1.807) is 4.90 Å². The first-order chi connectivity index (χ1) is 10.2. The lowest BCUT2D eigenvalue weighted by atomic mass is 9.91. The molecule has 1 aromatic carbocycles. The number of piperidine rings is 1. The molecule has 5 nitrogen and oxygen atoms in total. The van der Waals surface area contributed by atoms with Crippen molar-refractivity contribution in [3.8, 4) is 6.07 Å². The minimum absolute atomic E-state index is 0.113. The standard InChI is InChI=1S/C14H14F3N3O2/c15-14(16,17)11-3-2-10(6-9(11)7-18)20-5-1-4-13(22,8-20)12(19)21/h2-3,6,22H,1,4-5,8H2,(H2,19,21)/t13-/m1/s1. The number of nitriles is 1. The molecule has 0 spiro atoms. The molecule has 0 radical (unpaired) electrons. The van der Waals surface area contributed by atoms with Crippen LogP contribution in [0.5, 0.6) is 0 Å². The number of β-amino-alcohol motifs (C(OH)–C–C–N with tert-alkyl or cyclic N) is 1. The smallest absolute Gasteiger partial charge is 0.378 e. The summed E-state index contributed by atoms with van der Waals surface area (Å²) in [5, 5.41) is 19.0. The van der Waals surface area contributed by atoms with Gasteiger partial charge in [-0.3, -0.25) is 4.79 Å². The first kappa shape index (κ1) is 16.1. The number of carbonyl (C=O) groups is 1. The molecular weight excluding hydrogens is 299 g/mol. The van der Waals surface area contributed by atoms with Gasteiger partial charge in [-0.15, -0.1) is 0 Å². The van der Waals surface area contributed by atoms with E-state index in [9.17, 15) is 23.1 Å². The third kappa shape index (κ3) is 2.99. The van der Waals surface area contributed by atoms with Crippen LogP contribution in [-0.4, -0.2) is 29.7 Å². The van der Waals surface area contributed by atoms with Crippen LogP contribution in [0, 0.1) is 11.3 Å². The number of hydrogen-bond donors (Lipinski definition) is 2. The van der Waals surface area contributed by atoms with Crippen LogP contribution in [0.25, 0.3) is 0 Å². The van der Waals surface area contributed by atoms with E-state index in [1.807, 2.05) is 0 Å². The summed E-state index contributed by atoms with van der Waals surface area (Å²) in [7, 11) is 0. The van der Waals surface area contributed by atoms with E-state index in [4.69, 9.17) is 11.0 Å². The van der Waals surface area contributed by atoms with Crippen LogP contribution < -0.4 is 10.6 Å². The van der Waals surface area contributed by atoms with Gasteiger partial charge in [-0.2, -0.15) is 18.4 Å². The predicted octanol–water partition coefficient (Wildman–Crippen LogP) is 1.39. The average Bonchev–Trinajstić information content (AvgIpc) is 2.45. The second-order valence-corrected chi connectivity index (χ2v) is 5.26. The fourth-order valence-electron chi connectivity index (χ4n) is 2.53. The van der Waals surface area contributed by atoms with Crippen molar-refractivity contribution in [2.45, 2.75) is 24.6 Å². The lowest BCUT2D eigenvalue weighted by Gasteiger charge is -2.38. The number of nitrogens with two attached hydrogens (primary N) is 1. The highest BCUT2D eigenvalue weighted by Crippen LogP contribution is 2.34. The van der Waals surface area contributed by atoms with Crippen molar-refractivity contribution in [3.63, 3.8) is 0 Å². The number of nitrogens with zero attached hydrogens (tertiary/aromatic N) is 2. The van der Waals surface area contributed by atoms with Crippen LogP contribution in [0.15, 0.2) is 18.2 Å². The second kappa shape index (κ2) is 5.50. The Hall–Kier alpha value is -2.27. The molecule has 1 heterocycles. The van der Waals surface area contributed by atoms with Crippen LogP contribution in [0.3, 0.4) is 0 Å². The summed E-state index contributed by atoms with van der Waals surface area (Å²) < 4.78 is 38.3. The highest BCUT2D eigenvalue weighted by molar-refractivity contribution is 5.84. The molecule has 0 aliphatic carbocycles. The summed E-state index contributed by atoms with van der Waals surface area (Å²) in [6.45, 7) is 0.338. The van der Waals surface area contributed by atoms with Crippen LogP contribution >= 0.6 is 0 Å². The monoisotopic (exact) mass is 313 g/mol. The highest BCUT2D eigenvalue weighted by Gasteiger charge is 2.39. The minimum atomic E-state index is -4.61. The van der Waals surface area contributed by atoms with Crippen LogP contribution in [0.2, 0.25) is 0 Å². The largest absolute Gasteiger partial charge is 0.417 e. The summed E-state index contributed by atoms with van der Waals surface area (Å²) in [6.07, 6.45) is -3.95. The Kier molecular flexibility index (Phi) is 4.02. The lowest BCUT2D eigenvalue weighted by Crippen LogP contribution is -2.56. The van der Waals surface area contributed by atoms with Gasteiger partial charge in [-0.1, -0.05) is 0 Å². The van der Waals surface area contributed by atoms with Gasteiger partial charge in [0.15, 0.2) is 5.60 Å². The third-order valence-electron chi connectivity index (χ3n) is 3.72. The molecule has 22 heavy (non-hydrogen) atoms. The molecule has 2 rings (SSSR count). The molecule has 0 aromatic heterocycles. The fourth-order valence-corrected chi connectivity index (χ4v) is 2.53. The number of benzene rings is 1. The molecule has 3 N–H and O–H groups in total. The van der Waals surface area contributed by atoms with E-state index >= 15 is 0 Å². The van der Waals surface area contributed by atoms with Crippen molar-refractivity contribution in [2.24, 2.45) is 5.73 Å². The maximum atomic E-state index is 12.8. The Morgan fingerprint density at radius 1 is 1.45 bits per heavy atom. The lowest BCUT2D eigenvalue weighted by molar-refractivity contribution is -0.138. The Bertz CT molecular complexity index is 639.